The molecule has 0 amide bonds. The lowest BCUT2D eigenvalue weighted by atomic mass is 10.1. The van der Waals surface area contributed by atoms with Crippen LogP contribution in [-0.4, -0.2) is 19.3 Å². The maximum atomic E-state index is 5.77. The first-order valence-corrected chi connectivity index (χ1v) is 6.22. The molecule has 2 rings (SSSR count). The van der Waals surface area contributed by atoms with Crippen LogP contribution in [-0.2, 0) is 11.2 Å². The van der Waals surface area contributed by atoms with Crippen molar-refractivity contribution in [2.24, 2.45) is 0 Å². The van der Waals surface area contributed by atoms with Gasteiger partial charge in [0.2, 0.25) is 0 Å². The third kappa shape index (κ3) is 3.53. The number of aryl methyl sites for hydroxylation is 1. The van der Waals surface area contributed by atoms with Gasteiger partial charge in [-0.15, -0.1) is 0 Å². The van der Waals surface area contributed by atoms with Gasteiger partial charge < -0.3 is 9.47 Å². The molecule has 1 saturated heterocycles. The van der Waals surface area contributed by atoms with Crippen LogP contribution in [0.1, 0.15) is 31.7 Å². The van der Waals surface area contributed by atoms with E-state index in [1.807, 2.05) is 6.07 Å². The second-order valence-corrected chi connectivity index (χ2v) is 4.33. The minimum atomic E-state index is 0.337. The average molecular weight is 220 g/mol. The number of rotatable bonds is 7. The summed E-state index contributed by atoms with van der Waals surface area (Å²) in [6.07, 6.45) is 5.26. The number of para-hydroxylation sites is 1. The van der Waals surface area contributed by atoms with Crippen molar-refractivity contribution in [2.75, 3.05) is 13.2 Å². The average Bonchev–Trinajstić information content (AvgIpc) is 3.12. The normalized spacial score (nSPS) is 18.4. The van der Waals surface area contributed by atoms with Gasteiger partial charge in [-0.25, -0.2) is 0 Å². The highest BCUT2D eigenvalue weighted by atomic mass is 16.6. The number of benzene rings is 1. The maximum absolute atomic E-state index is 5.77. The Hall–Kier alpha value is -1.02. The molecule has 1 unspecified atom stereocenters. The summed E-state index contributed by atoms with van der Waals surface area (Å²) in [5, 5.41) is 0. The number of ether oxygens (including phenoxy) is 2. The van der Waals surface area contributed by atoms with E-state index in [1.54, 1.807) is 0 Å². The van der Waals surface area contributed by atoms with Crippen LogP contribution in [0, 0.1) is 0 Å². The molecule has 1 aliphatic rings. The van der Waals surface area contributed by atoms with E-state index >= 15 is 0 Å². The third-order valence-corrected chi connectivity index (χ3v) is 2.85. The number of epoxide rings is 1. The standard InChI is InChI=1S/C14H20O2/c1-2-3-4-7-12-8-5-6-9-14(12)16-11-13-10-15-13/h5-6,8-9,13H,2-4,7,10-11H2,1H3. The molecule has 0 bridgehead atoms. The van der Waals surface area contributed by atoms with Crippen molar-refractivity contribution in [1.29, 1.82) is 0 Å². The number of hydrogen-bond acceptors (Lipinski definition) is 2. The zero-order valence-electron chi connectivity index (χ0n) is 9.95. The summed E-state index contributed by atoms with van der Waals surface area (Å²) in [7, 11) is 0. The van der Waals surface area contributed by atoms with Crippen LogP contribution < -0.4 is 4.74 Å². The van der Waals surface area contributed by atoms with Crippen molar-refractivity contribution in [2.45, 2.75) is 38.7 Å². The van der Waals surface area contributed by atoms with Gasteiger partial charge in [0.15, 0.2) is 0 Å². The Morgan fingerprint density at radius 2 is 2.12 bits per heavy atom. The van der Waals surface area contributed by atoms with Gasteiger partial charge in [-0.1, -0.05) is 38.0 Å². The molecule has 0 N–H and O–H groups in total. The van der Waals surface area contributed by atoms with Crippen LogP contribution in [0.25, 0.3) is 0 Å². The smallest absolute Gasteiger partial charge is 0.122 e. The molecule has 0 aliphatic carbocycles. The molecule has 1 heterocycles. The van der Waals surface area contributed by atoms with Crippen LogP contribution in [0.5, 0.6) is 5.75 Å². The monoisotopic (exact) mass is 220 g/mol. The van der Waals surface area contributed by atoms with Gasteiger partial charge in [-0.05, 0) is 24.5 Å². The highest BCUT2D eigenvalue weighted by molar-refractivity contribution is 5.33. The Kier molecular flexibility index (Phi) is 4.23. The van der Waals surface area contributed by atoms with Crippen molar-refractivity contribution in [1.82, 2.24) is 0 Å². The second-order valence-electron chi connectivity index (χ2n) is 4.33. The van der Waals surface area contributed by atoms with Crippen LogP contribution in [0.3, 0.4) is 0 Å². The predicted molar refractivity (Wildman–Crippen MR) is 64.9 cm³/mol. The predicted octanol–water partition coefficient (Wildman–Crippen LogP) is 3.20. The molecule has 2 heteroatoms. The van der Waals surface area contributed by atoms with E-state index < -0.39 is 0 Å². The maximum Gasteiger partial charge on any atom is 0.122 e. The summed E-state index contributed by atoms with van der Waals surface area (Å²) in [5.41, 5.74) is 1.33. The van der Waals surface area contributed by atoms with Gasteiger partial charge in [0.25, 0.3) is 0 Å². The van der Waals surface area contributed by atoms with Gasteiger partial charge in [-0.3, -0.25) is 0 Å². The lowest BCUT2D eigenvalue weighted by Gasteiger charge is -2.10. The third-order valence-electron chi connectivity index (χ3n) is 2.85. The lowest BCUT2D eigenvalue weighted by Crippen LogP contribution is -2.05. The van der Waals surface area contributed by atoms with Gasteiger partial charge in [0.1, 0.15) is 18.5 Å². The van der Waals surface area contributed by atoms with E-state index in [1.165, 1.54) is 24.8 Å². The first kappa shape index (κ1) is 11.5. The molecule has 1 atom stereocenters. The van der Waals surface area contributed by atoms with E-state index in [2.05, 4.69) is 25.1 Å². The molecule has 0 saturated carbocycles. The van der Waals surface area contributed by atoms with E-state index in [9.17, 15) is 0 Å². The zero-order chi connectivity index (χ0) is 11.2. The number of hydrogen-bond donors (Lipinski definition) is 0. The van der Waals surface area contributed by atoms with Gasteiger partial charge in [0.05, 0.1) is 6.61 Å². The summed E-state index contributed by atoms with van der Waals surface area (Å²) in [6, 6.07) is 8.34. The molecule has 16 heavy (non-hydrogen) atoms. The number of unbranched alkanes of at least 4 members (excludes halogenated alkanes) is 2. The van der Waals surface area contributed by atoms with Crippen LogP contribution in [0.4, 0.5) is 0 Å². The zero-order valence-corrected chi connectivity index (χ0v) is 9.95. The molecule has 1 fully saturated rings. The fraction of sp³-hybridized carbons (Fsp3) is 0.571. The fourth-order valence-electron chi connectivity index (χ4n) is 1.76. The molecule has 1 aromatic carbocycles. The molecule has 0 radical (unpaired) electrons. The highest BCUT2D eigenvalue weighted by Crippen LogP contribution is 2.22. The quantitative estimate of drug-likeness (QED) is 0.520. The van der Waals surface area contributed by atoms with Crippen LogP contribution >= 0.6 is 0 Å². The summed E-state index contributed by atoms with van der Waals surface area (Å²) >= 11 is 0. The Bertz CT molecular complexity index is 318. The second kappa shape index (κ2) is 5.90. The first-order valence-electron chi connectivity index (χ1n) is 6.22. The van der Waals surface area contributed by atoms with E-state index in [0.717, 1.165) is 18.8 Å². The summed E-state index contributed by atoms with van der Waals surface area (Å²) in [5.74, 6) is 1.04. The molecular weight excluding hydrogens is 200 g/mol. The Morgan fingerprint density at radius 1 is 1.31 bits per heavy atom. The van der Waals surface area contributed by atoms with E-state index in [0.29, 0.717) is 12.7 Å². The van der Waals surface area contributed by atoms with E-state index in [-0.39, 0.29) is 0 Å². The molecular formula is C14H20O2. The highest BCUT2D eigenvalue weighted by Gasteiger charge is 2.23. The largest absolute Gasteiger partial charge is 0.491 e. The van der Waals surface area contributed by atoms with Crippen molar-refractivity contribution in [3.8, 4) is 5.75 Å². The molecule has 0 spiro atoms. The lowest BCUT2D eigenvalue weighted by molar-refractivity contribution is 0.261. The van der Waals surface area contributed by atoms with Crippen molar-refractivity contribution >= 4 is 0 Å². The molecule has 2 nitrogen and oxygen atoms in total. The fourth-order valence-corrected chi connectivity index (χ4v) is 1.76. The topological polar surface area (TPSA) is 21.8 Å². The molecule has 1 aliphatic heterocycles. The first-order chi connectivity index (χ1) is 7.90. The summed E-state index contributed by atoms with van der Waals surface area (Å²) in [6.45, 7) is 3.79. The van der Waals surface area contributed by atoms with Crippen LogP contribution in [0.15, 0.2) is 24.3 Å². The van der Waals surface area contributed by atoms with Gasteiger partial charge >= 0.3 is 0 Å². The summed E-state index contributed by atoms with van der Waals surface area (Å²) < 4.78 is 10.9. The Morgan fingerprint density at radius 3 is 2.88 bits per heavy atom. The minimum absolute atomic E-state index is 0.337. The van der Waals surface area contributed by atoms with Crippen molar-refractivity contribution in [3.63, 3.8) is 0 Å². The van der Waals surface area contributed by atoms with Crippen molar-refractivity contribution < 1.29 is 9.47 Å². The molecule has 0 aromatic heterocycles. The van der Waals surface area contributed by atoms with Gasteiger partial charge in [-0.2, -0.15) is 0 Å². The Balaban J connectivity index is 1.87. The SMILES string of the molecule is CCCCCc1ccccc1OCC1CO1. The molecule has 88 valence electrons. The van der Waals surface area contributed by atoms with Crippen LogP contribution in [0.2, 0.25) is 0 Å². The Labute approximate surface area is 97.6 Å². The molecule has 1 aromatic rings. The minimum Gasteiger partial charge on any atom is -0.491 e. The van der Waals surface area contributed by atoms with Crippen molar-refractivity contribution in [3.05, 3.63) is 29.8 Å². The van der Waals surface area contributed by atoms with E-state index in [4.69, 9.17) is 9.47 Å². The summed E-state index contributed by atoms with van der Waals surface area (Å²) in [4.78, 5) is 0. The van der Waals surface area contributed by atoms with Gasteiger partial charge in [0, 0.05) is 0 Å².